The predicted molar refractivity (Wildman–Crippen MR) is 201 cm³/mol. The molecule has 11 rings (SSSR count). The molecule has 48 heavy (non-hydrogen) atoms. The highest BCUT2D eigenvalue weighted by Crippen LogP contribution is 2.50. The zero-order chi connectivity index (χ0) is 31.3. The maximum Gasteiger partial charge on any atom is 0.179 e. The van der Waals surface area contributed by atoms with Gasteiger partial charge in [-0.05, 0) is 96.0 Å². The number of para-hydroxylation sites is 1. The van der Waals surface area contributed by atoms with Crippen LogP contribution < -0.4 is 0 Å². The Kier molecular flexibility index (Phi) is 5.14. The van der Waals surface area contributed by atoms with Gasteiger partial charge >= 0.3 is 0 Å². The summed E-state index contributed by atoms with van der Waals surface area (Å²) in [6.45, 7) is 0. The first-order chi connectivity index (χ1) is 23.8. The summed E-state index contributed by atoms with van der Waals surface area (Å²) in [5.41, 5.74) is 10.7. The van der Waals surface area contributed by atoms with Crippen molar-refractivity contribution in [2.75, 3.05) is 0 Å². The highest BCUT2D eigenvalue weighted by molar-refractivity contribution is 6.34. The van der Waals surface area contributed by atoms with E-state index in [1.807, 2.05) is 12.1 Å². The highest BCUT2D eigenvalue weighted by Gasteiger charge is 2.25. The van der Waals surface area contributed by atoms with E-state index < -0.39 is 0 Å². The van der Waals surface area contributed by atoms with Crippen LogP contribution in [0.15, 0.2) is 167 Å². The van der Waals surface area contributed by atoms with Crippen LogP contribution in [0.5, 0.6) is 0 Å². The zero-order valence-electron chi connectivity index (χ0n) is 25.8. The minimum atomic E-state index is 0.807. The van der Waals surface area contributed by atoms with E-state index in [0.717, 1.165) is 49.3 Å². The molecule has 0 radical (unpaired) electrons. The van der Waals surface area contributed by atoms with Crippen LogP contribution in [0.4, 0.5) is 0 Å². The van der Waals surface area contributed by atoms with Gasteiger partial charge in [0.15, 0.2) is 11.2 Å². The molecule has 0 atom stereocenters. The molecule has 0 saturated heterocycles. The van der Waals surface area contributed by atoms with Crippen LogP contribution in [0.2, 0.25) is 0 Å². The van der Waals surface area contributed by atoms with Gasteiger partial charge in [0.25, 0.3) is 0 Å². The van der Waals surface area contributed by atoms with E-state index in [9.17, 15) is 0 Å². The Balaban J connectivity index is 1.30. The topological polar surface area (TPSA) is 26.3 Å². The van der Waals surface area contributed by atoms with Gasteiger partial charge in [0.1, 0.15) is 11.2 Å². The van der Waals surface area contributed by atoms with Crippen molar-refractivity contribution in [3.8, 4) is 33.4 Å². The first kappa shape index (κ1) is 25.8. The van der Waals surface area contributed by atoms with Gasteiger partial charge in [0, 0.05) is 21.5 Å². The zero-order valence-corrected chi connectivity index (χ0v) is 25.8. The molecule has 0 fully saturated rings. The van der Waals surface area contributed by atoms with Gasteiger partial charge in [-0.15, -0.1) is 0 Å². The number of rotatable bonds is 3. The summed E-state index contributed by atoms with van der Waals surface area (Å²) in [6, 6.07) is 56.8. The van der Waals surface area contributed by atoms with E-state index in [1.54, 1.807) is 0 Å². The molecule has 0 aliphatic rings. The van der Waals surface area contributed by atoms with Gasteiger partial charge in [0.05, 0.1) is 0 Å². The predicted octanol–water partition coefficient (Wildman–Crippen LogP) is 13.4. The molecule has 2 heterocycles. The molecule has 0 unspecified atom stereocenters. The summed E-state index contributed by atoms with van der Waals surface area (Å²) in [7, 11) is 0. The minimum absolute atomic E-state index is 0.807. The quantitative estimate of drug-likeness (QED) is 0.147. The lowest BCUT2D eigenvalue weighted by molar-refractivity contribution is 0.633. The van der Waals surface area contributed by atoms with E-state index in [0.29, 0.717) is 0 Å². The van der Waals surface area contributed by atoms with Crippen LogP contribution >= 0.6 is 0 Å². The normalized spacial score (nSPS) is 12.2. The van der Waals surface area contributed by atoms with E-state index in [4.69, 9.17) is 8.83 Å². The van der Waals surface area contributed by atoms with Crippen molar-refractivity contribution in [1.82, 2.24) is 0 Å². The molecule has 0 amide bonds. The fraction of sp³-hybridized carbons (Fsp3) is 0. The van der Waals surface area contributed by atoms with Crippen LogP contribution in [-0.2, 0) is 0 Å². The lowest BCUT2D eigenvalue weighted by atomic mass is 9.83. The summed E-state index contributed by atoms with van der Waals surface area (Å²) in [5, 5.41) is 11.7. The maximum atomic E-state index is 6.65. The molecular weight excluding hydrogens is 585 g/mol. The van der Waals surface area contributed by atoms with E-state index in [-0.39, 0.29) is 0 Å². The Bertz CT molecular complexity index is 2990. The molecular formula is C46H26O2. The smallest absolute Gasteiger partial charge is 0.179 e. The minimum Gasteiger partial charge on any atom is -0.452 e. The second-order valence-electron chi connectivity index (χ2n) is 12.8. The van der Waals surface area contributed by atoms with E-state index in [1.165, 1.54) is 60.3 Å². The summed E-state index contributed by atoms with van der Waals surface area (Å²) in [5.74, 6) is 0. The van der Waals surface area contributed by atoms with Crippen molar-refractivity contribution in [1.29, 1.82) is 0 Å². The number of furan rings is 2. The molecule has 0 aliphatic heterocycles. The fourth-order valence-corrected chi connectivity index (χ4v) is 8.17. The Morgan fingerprint density at radius 3 is 1.67 bits per heavy atom. The summed E-state index contributed by atoms with van der Waals surface area (Å²) in [4.78, 5) is 0. The van der Waals surface area contributed by atoms with Crippen molar-refractivity contribution in [2.24, 2.45) is 0 Å². The van der Waals surface area contributed by atoms with Crippen molar-refractivity contribution in [3.05, 3.63) is 158 Å². The third-order valence-electron chi connectivity index (χ3n) is 10.2. The average Bonchev–Trinajstić information content (AvgIpc) is 3.73. The van der Waals surface area contributed by atoms with Crippen LogP contribution in [-0.4, -0.2) is 0 Å². The van der Waals surface area contributed by atoms with Gasteiger partial charge in [0.2, 0.25) is 0 Å². The Labute approximate surface area is 275 Å². The van der Waals surface area contributed by atoms with Crippen molar-refractivity contribution in [3.63, 3.8) is 0 Å². The largest absolute Gasteiger partial charge is 0.452 e. The molecule has 0 N–H and O–H groups in total. The van der Waals surface area contributed by atoms with Gasteiger partial charge in [-0.2, -0.15) is 0 Å². The van der Waals surface area contributed by atoms with Gasteiger partial charge in [-0.1, -0.05) is 127 Å². The molecule has 0 saturated carbocycles. The Hall–Kier alpha value is -6.38. The van der Waals surface area contributed by atoms with Gasteiger partial charge in [-0.3, -0.25) is 0 Å². The summed E-state index contributed by atoms with van der Waals surface area (Å²) in [6.07, 6.45) is 0. The Morgan fingerprint density at radius 2 is 0.896 bits per heavy atom. The lowest BCUT2D eigenvalue weighted by Gasteiger charge is -2.19. The maximum absolute atomic E-state index is 6.65. The van der Waals surface area contributed by atoms with Crippen LogP contribution in [0.3, 0.4) is 0 Å². The molecule has 2 nitrogen and oxygen atoms in total. The molecule has 0 bridgehead atoms. The molecule has 2 aromatic heterocycles. The lowest BCUT2D eigenvalue weighted by Crippen LogP contribution is -1.92. The van der Waals surface area contributed by atoms with E-state index in [2.05, 4.69) is 146 Å². The highest BCUT2D eigenvalue weighted by atomic mass is 16.4. The molecule has 2 heteroatoms. The fourth-order valence-electron chi connectivity index (χ4n) is 8.17. The van der Waals surface area contributed by atoms with Gasteiger partial charge in [-0.25, -0.2) is 0 Å². The third kappa shape index (κ3) is 3.46. The number of hydrogen-bond donors (Lipinski definition) is 0. The van der Waals surface area contributed by atoms with Gasteiger partial charge < -0.3 is 8.83 Å². The Morgan fingerprint density at radius 1 is 0.312 bits per heavy atom. The third-order valence-corrected chi connectivity index (χ3v) is 10.2. The monoisotopic (exact) mass is 610 g/mol. The van der Waals surface area contributed by atoms with Crippen molar-refractivity contribution in [2.45, 2.75) is 0 Å². The van der Waals surface area contributed by atoms with Crippen LogP contribution in [0, 0.1) is 0 Å². The molecule has 0 spiro atoms. The first-order valence-corrected chi connectivity index (χ1v) is 16.4. The van der Waals surface area contributed by atoms with Crippen LogP contribution in [0.25, 0.3) is 110 Å². The molecule has 11 aromatic rings. The number of fused-ring (bicyclic) bond motifs is 6. The van der Waals surface area contributed by atoms with E-state index >= 15 is 0 Å². The molecule has 9 aromatic carbocycles. The second kappa shape index (κ2) is 9.57. The standard InChI is InChI=1S/C46H26O2/c1-2-12-27(13-3-1)28-14-10-15-29(24-28)41-32-18-4-6-20-34(32)43(35-21-7-5-19-33(35)41)36-25-30-16-11-23-40-42(30)44-37(36)26-38-31-17-8-9-22-39(31)47-45(38)46(44)48-40/h1-26H. The molecule has 0 aliphatic carbocycles. The van der Waals surface area contributed by atoms with Crippen LogP contribution in [0.1, 0.15) is 0 Å². The summed E-state index contributed by atoms with van der Waals surface area (Å²) < 4.78 is 13.1. The second-order valence-corrected chi connectivity index (χ2v) is 12.8. The first-order valence-electron chi connectivity index (χ1n) is 16.4. The molecule has 222 valence electrons. The van der Waals surface area contributed by atoms with Crippen molar-refractivity contribution < 1.29 is 8.83 Å². The van der Waals surface area contributed by atoms with Crippen molar-refractivity contribution >= 4 is 76.2 Å². The SMILES string of the molecule is c1ccc(-c2cccc(-c3c4ccccc4c(-c4cc5cccc6oc7c8oc9ccccc9c8cc4c7c56)c4ccccc34)c2)cc1. The number of benzene rings is 9. The number of hydrogen-bond acceptors (Lipinski definition) is 2. The summed E-state index contributed by atoms with van der Waals surface area (Å²) >= 11 is 0. The average molecular weight is 611 g/mol.